The summed E-state index contributed by atoms with van der Waals surface area (Å²) in [5.41, 5.74) is 6.99. The number of aryl methyl sites for hydroxylation is 2. The number of aromatic nitrogens is 2. The largest absolute Gasteiger partial charge is 0.493 e. The van der Waals surface area contributed by atoms with Crippen molar-refractivity contribution in [3.8, 4) is 17.0 Å². The van der Waals surface area contributed by atoms with E-state index >= 15 is 0 Å². The van der Waals surface area contributed by atoms with Crippen LogP contribution in [0, 0.1) is 19.8 Å². The van der Waals surface area contributed by atoms with E-state index in [9.17, 15) is 0 Å². The van der Waals surface area contributed by atoms with Crippen LogP contribution in [0.3, 0.4) is 0 Å². The molecule has 3 heterocycles. The second-order valence-electron chi connectivity index (χ2n) is 8.58. The predicted molar refractivity (Wildman–Crippen MR) is 128 cm³/mol. The fourth-order valence-electron chi connectivity index (χ4n) is 3.74. The van der Waals surface area contributed by atoms with Crippen molar-refractivity contribution < 1.29 is 9.47 Å². The molecule has 0 radical (unpaired) electrons. The van der Waals surface area contributed by atoms with Gasteiger partial charge in [0.2, 0.25) is 0 Å². The predicted octanol–water partition coefficient (Wildman–Crippen LogP) is 5.50. The molecule has 3 aromatic rings. The molecule has 0 aliphatic carbocycles. The maximum Gasteiger partial charge on any atom is 0.120 e. The second-order valence-corrected chi connectivity index (χ2v) is 8.58. The highest BCUT2D eigenvalue weighted by Crippen LogP contribution is 2.29. The lowest BCUT2D eigenvalue weighted by atomic mass is 10.0. The van der Waals surface area contributed by atoms with Crippen molar-refractivity contribution in [2.75, 3.05) is 19.8 Å². The maximum absolute atomic E-state index is 6.18. The Morgan fingerprint density at radius 3 is 2.72 bits per heavy atom. The van der Waals surface area contributed by atoms with Gasteiger partial charge in [0.25, 0.3) is 0 Å². The third-order valence-corrected chi connectivity index (χ3v) is 5.80. The molecule has 0 amide bonds. The quantitative estimate of drug-likeness (QED) is 0.513. The highest BCUT2D eigenvalue weighted by atomic mass is 16.5. The van der Waals surface area contributed by atoms with E-state index in [4.69, 9.17) is 9.47 Å². The zero-order valence-electron chi connectivity index (χ0n) is 19.1. The summed E-state index contributed by atoms with van der Waals surface area (Å²) in [5.74, 6) is 1.26. The Morgan fingerprint density at radius 1 is 1.16 bits per heavy atom. The molecule has 1 aromatic carbocycles. The number of hydrogen-bond donors (Lipinski definition) is 1. The molecular formula is C27H31N3O2. The van der Waals surface area contributed by atoms with E-state index in [1.54, 1.807) is 0 Å². The first-order valence-electron chi connectivity index (χ1n) is 11.1. The van der Waals surface area contributed by atoms with Gasteiger partial charge in [-0.3, -0.25) is 9.97 Å². The molecule has 4 rings (SSSR count). The van der Waals surface area contributed by atoms with E-state index in [1.165, 1.54) is 0 Å². The number of ether oxygens (including phenoxy) is 2. The van der Waals surface area contributed by atoms with E-state index in [2.05, 4.69) is 53.1 Å². The van der Waals surface area contributed by atoms with Crippen LogP contribution in [0.1, 0.15) is 41.8 Å². The Labute approximate surface area is 190 Å². The van der Waals surface area contributed by atoms with E-state index in [0.717, 1.165) is 64.7 Å². The smallest absolute Gasteiger partial charge is 0.120 e. The molecule has 2 atom stereocenters. The van der Waals surface area contributed by atoms with Crippen LogP contribution in [0.15, 0.2) is 61.4 Å². The molecule has 1 aliphatic heterocycles. The summed E-state index contributed by atoms with van der Waals surface area (Å²) in [6.45, 7) is 12.7. The molecule has 1 N–H and O–H groups in total. The van der Waals surface area contributed by atoms with E-state index < -0.39 is 0 Å². The van der Waals surface area contributed by atoms with Gasteiger partial charge in [0, 0.05) is 47.4 Å². The maximum atomic E-state index is 6.18. The average Bonchev–Trinajstić information content (AvgIpc) is 3.32. The average molecular weight is 430 g/mol. The lowest BCUT2D eigenvalue weighted by molar-refractivity contribution is 0.167. The number of hydrogen-bond acceptors (Lipinski definition) is 5. The van der Waals surface area contributed by atoms with E-state index in [0.29, 0.717) is 12.5 Å². The van der Waals surface area contributed by atoms with Crippen LogP contribution in [0.2, 0.25) is 0 Å². The van der Waals surface area contributed by atoms with Crippen molar-refractivity contribution >= 4 is 5.70 Å². The van der Waals surface area contributed by atoms with Gasteiger partial charge in [-0.25, -0.2) is 0 Å². The Bertz CT molecular complexity index is 1060. The second kappa shape index (κ2) is 9.96. The number of nitrogens with zero attached hydrogens (tertiary/aromatic N) is 2. The Hall–Kier alpha value is -3.18. The highest BCUT2D eigenvalue weighted by Gasteiger charge is 2.17. The molecule has 0 saturated carbocycles. The molecule has 0 bridgehead atoms. The summed E-state index contributed by atoms with van der Waals surface area (Å²) in [5, 5.41) is 3.51. The van der Waals surface area contributed by atoms with Gasteiger partial charge in [-0.05, 0) is 68.7 Å². The van der Waals surface area contributed by atoms with Gasteiger partial charge in [0.05, 0.1) is 24.9 Å². The minimum absolute atomic E-state index is 0.0803. The summed E-state index contributed by atoms with van der Waals surface area (Å²) < 4.78 is 11.7. The first-order valence-corrected chi connectivity index (χ1v) is 11.1. The first kappa shape index (κ1) is 22.0. The zero-order valence-corrected chi connectivity index (χ0v) is 19.1. The summed E-state index contributed by atoms with van der Waals surface area (Å²) in [6, 6.07) is 14.5. The molecular weight excluding hydrogens is 398 g/mol. The van der Waals surface area contributed by atoms with Gasteiger partial charge in [-0.15, -0.1) is 0 Å². The standard InChI is InChI=1S/C27H31N3O2/c1-18-5-8-27(29-14-18)25-11-24(12-26(13-25)32-17-22-9-10-31-16-22)21(4)30-20(3)23-7-6-19(2)28-15-23/h5-8,11-15,20,22,30H,4,9-10,16-17H2,1-3H3/t20-,22?/m1/s1. The monoisotopic (exact) mass is 429 g/mol. The Kier molecular flexibility index (Phi) is 6.86. The van der Waals surface area contributed by atoms with Crippen LogP contribution in [0.5, 0.6) is 5.75 Å². The molecule has 1 unspecified atom stereocenters. The summed E-state index contributed by atoms with van der Waals surface area (Å²) in [7, 11) is 0. The lowest BCUT2D eigenvalue weighted by Gasteiger charge is -2.19. The van der Waals surface area contributed by atoms with Crippen molar-refractivity contribution in [3.05, 3.63) is 83.8 Å². The number of nitrogens with one attached hydrogen (secondary N) is 1. The fourth-order valence-corrected chi connectivity index (χ4v) is 3.74. The zero-order chi connectivity index (χ0) is 22.5. The van der Waals surface area contributed by atoms with Crippen molar-refractivity contribution in [2.24, 2.45) is 5.92 Å². The fraction of sp³-hybridized carbons (Fsp3) is 0.333. The number of rotatable bonds is 8. The lowest BCUT2D eigenvalue weighted by Crippen LogP contribution is -2.17. The van der Waals surface area contributed by atoms with Crippen molar-refractivity contribution in [1.29, 1.82) is 0 Å². The van der Waals surface area contributed by atoms with Crippen LogP contribution in [0.25, 0.3) is 17.0 Å². The molecule has 32 heavy (non-hydrogen) atoms. The number of benzene rings is 1. The summed E-state index contributed by atoms with van der Waals surface area (Å²) in [6.07, 6.45) is 4.84. The van der Waals surface area contributed by atoms with Gasteiger partial charge in [-0.1, -0.05) is 18.7 Å². The SMILES string of the molecule is C=C(N[C@H](C)c1ccc(C)nc1)c1cc(OCC2CCOC2)cc(-c2ccc(C)cn2)c1. The van der Waals surface area contributed by atoms with Gasteiger partial charge in [0.1, 0.15) is 5.75 Å². The minimum atomic E-state index is 0.0803. The Balaban J connectivity index is 1.57. The van der Waals surface area contributed by atoms with Crippen molar-refractivity contribution in [1.82, 2.24) is 15.3 Å². The topological polar surface area (TPSA) is 56.3 Å². The molecule has 166 valence electrons. The summed E-state index contributed by atoms with van der Waals surface area (Å²) in [4.78, 5) is 9.02. The van der Waals surface area contributed by atoms with Gasteiger partial charge in [-0.2, -0.15) is 0 Å². The minimum Gasteiger partial charge on any atom is -0.493 e. The van der Waals surface area contributed by atoms with Gasteiger partial charge >= 0.3 is 0 Å². The molecule has 0 spiro atoms. The van der Waals surface area contributed by atoms with Crippen molar-refractivity contribution in [3.63, 3.8) is 0 Å². The first-order chi connectivity index (χ1) is 15.5. The van der Waals surface area contributed by atoms with Crippen LogP contribution in [-0.2, 0) is 4.74 Å². The van der Waals surface area contributed by atoms with Crippen LogP contribution < -0.4 is 10.1 Å². The third kappa shape index (κ3) is 5.54. The molecule has 1 fully saturated rings. The van der Waals surface area contributed by atoms with E-state index in [-0.39, 0.29) is 6.04 Å². The van der Waals surface area contributed by atoms with Crippen LogP contribution >= 0.6 is 0 Å². The van der Waals surface area contributed by atoms with Crippen LogP contribution in [0.4, 0.5) is 0 Å². The summed E-state index contributed by atoms with van der Waals surface area (Å²) >= 11 is 0. The molecule has 5 heteroatoms. The van der Waals surface area contributed by atoms with E-state index in [1.807, 2.05) is 44.4 Å². The number of pyridine rings is 2. The Morgan fingerprint density at radius 2 is 2.03 bits per heavy atom. The molecule has 1 aliphatic rings. The molecule has 5 nitrogen and oxygen atoms in total. The van der Waals surface area contributed by atoms with Gasteiger partial charge < -0.3 is 14.8 Å². The highest BCUT2D eigenvalue weighted by molar-refractivity contribution is 5.71. The van der Waals surface area contributed by atoms with Gasteiger partial charge in [0.15, 0.2) is 0 Å². The van der Waals surface area contributed by atoms with Crippen LogP contribution in [-0.4, -0.2) is 29.8 Å². The normalized spacial score (nSPS) is 16.5. The van der Waals surface area contributed by atoms with Crippen molar-refractivity contribution in [2.45, 2.75) is 33.2 Å². The molecule has 1 saturated heterocycles. The molecule has 2 aromatic heterocycles. The third-order valence-electron chi connectivity index (χ3n) is 5.80.